The Morgan fingerprint density at radius 1 is 0.853 bits per heavy atom. The number of aromatic nitrogens is 1. The third-order valence-corrected chi connectivity index (χ3v) is 5.63. The highest BCUT2D eigenvalue weighted by Crippen LogP contribution is 2.24. The molecular weight excluding hydrogens is 524 g/mol. The second-order valence-electron chi connectivity index (χ2n) is 7.15. The standard InChI is InChI=1S/C24H18BrClN4O4/c1-34-19-9-7-18(8-10-19)28-23(32)24(33)29-30-20-11-4-16(26)12-14(20)13-21(30)22(31)27-17-5-2-15(25)3-6-17/h2-13H,1H3,(H,27,31)(H,28,32)(H,29,33). The molecule has 1 aromatic heterocycles. The van der Waals surface area contributed by atoms with E-state index in [2.05, 4.69) is 32.0 Å². The molecule has 4 rings (SSSR count). The van der Waals surface area contributed by atoms with Crippen LogP contribution in [0, 0.1) is 0 Å². The van der Waals surface area contributed by atoms with Gasteiger partial charge in [0.25, 0.3) is 5.91 Å². The van der Waals surface area contributed by atoms with Gasteiger partial charge in [0, 0.05) is 26.3 Å². The van der Waals surface area contributed by atoms with Gasteiger partial charge >= 0.3 is 11.8 Å². The van der Waals surface area contributed by atoms with Crippen LogP contribution in [0.1, 0.15) is 10.5 Å². The third-order valence-electron chi connectivity index (χ3n) is 4.87. The molecule has 10 heteroatoms. The van der Waals surface area contributed by atoms with E-state index in [-0.39, 0.29) is 5.69 Å². The number of halogens is 2. The van der Waals surface area contributed by atoms with Crippen molar-refractivity contribution in [1.29, 1.82) is 0 Å². The number of nitrogens with one attached hydrogen (secondary N) is 3. The summed E-state index contributed by atoms with van der Waals surface area (Å²) in [4.78, 5) is 38.2. The molecule has 0 fully saturated rings. The first-order chi connectivity index (χ1) is 16.3. The van der Waals surface area contributed by atoms with Crippen LogP contribution >= 0.6 is 27.5 Å². The predicted molar refractivity (Wildman–Crippen MR) is 135 cm³/mol. The molecule has 0 unspecified atom stereocenters. The summed E-state index contributed by atoms with van der Waals surface area (Å²) in [5.41, 5.74) is 4.09. The number of rotatable bonds is 5. The summed E-state index contributed by atoms with van der Waals surface area (Å²) < 4.78 is 7.20. The van der Waals surface area contributed by atoms with Crippen molar-refractivity contribution < 1.29 is 19.1 Å². The number of ether oxygens (including phenoxy) is 1. The van der Waals surface area contributed by atoms with Gasteiger partial charge < -0.3 is 15.4 Å². The lowest BCUT2D eigenvalue weighted by Crippen LogP contribution is -2.36. The van der Waals surface area contributed by atoms with Crippen molar-refractivity contribution in [3.05, 3.63) is 88.0 Å². The molecule has 3 aromatic carbocycles. The number of carbonyl (C=O) groups excluding carboxylic acids is 3. The van der Waals surface area contributed by atoms with Crippen molar-refractivity contribution in [1.82, 2.24) is 4.68 Å². The lowest BCUT2D eigenvalue weighted by molar-refractivity contribution is -0.133. The van der Waals surface area contributed by atoms with Crippen LogP contribution in [0.4, 0.5) is 11.4 Å². The number of methoxy groups -OCH3 is 1. The van der Waals surface area contributed by atoms with Gasteiger partial charge in [-0.15, -0.1) is 0 Å². The average molecular weight is 542 g/mol. The van der Waals surface area contributed by atoms with Crippen LogP contribution in [0.25, 0.3) is 10.9 Å². The molecule has 172 valence electrons. The highest BCUT2D eigenvalue weighted by Gasteiger charge is 2.21. The first kappa shape index (κ1) is 23.3. The second kappa shape index (κ2) is 9.98. The number of benzene rings is 3. The molecule has 4 aromatic rings. The van der Waals surface area contributed by atoms with Gasteiger partial charge in [-0.2, -0.15) is 0 Å². The minimum atomic E-state index is -0.957. The molecule has 0 aliphatic rings. The maximum Gasteiger partial charge on any atom is 0.328 e. The van der Waals surface area contributed by atoms with Gasteiger partial charge in [0.05, 0.1) is 12.6 Å². The van der Waals surface area contributed by atoms with Crippen LogP contribution in [0.3, 0.4) is 0 Å². The van der Waals surface area contributed by atoms with Crippen LogP contribution < -0.4 is 20.8 Å². The predicted octanol–water partition coefficient (Wildman–Crippen LogP) is 5.03. The Labute approximate surface area is 207 Å². The zero-order chi connectivity index (χ0) is 24.2. The second-order valence-corrected chi connectivity index (χ2v) is 8.50. The zero-order valence-corrected chi connectivity index (χ0v) is 20.1. The quantitative estimate of drug-likeness (QED) is 0.309. The van der Waals surface area contributed by atoms with Gasteiger partial charge in [0.15, 0.2) is 0 Å². The Hall–Kier alpha value is -3.82. The molecule has 0 radical (unpaired) electrons. The fourth-order valence-electron chi connectivity index (χ4n) is 3.22. The molecule has 0 atom stereocenters. The third kappa shape index (κ3) is 5.22. The summed E-state index contributed by atoms with van der Waals surface area (Å²) in [7, 11) is 1.53. The maximum atomic E-state index is 13.0. The summed E-state index contributed by atoms with van der Waals surface area (Å²) in [5.74, 6) is -1.73. The number of fused-ring (bicyclic) bond motifs is 1. The van der Waals surface area contributed by atoms with Gasteiger partial charge in [0.2, 0.25) is 0 Å². The molecule has 0 saturated heterocycles. The van der Waals surface area contributed by atoms with E-state index < -0.39 is 17.7 Å². The Morgan fingerprint density at radius 2 is 1.50 bits per heavy atom. The summed E-state index contributed by atoms with van der Waals surface area (Å²) >= 11 is 9.45. The van der Waals surface area contributed by atoms with Gasteiger partial charge in [-0.3, -0.25) is 19.8 Å². The zero-order valence-electron chi connectivity index (χ0n) is 17.8. The molecular formula is C24H18BrClN4O4. The van der Waals surface area contributed by atoms with Crippen molar-refractivity contribution in [2.75, 3.05) is 23.2 Å². The molecule has 1 heterocycles. The van der Waals surface area contributed by atoms with Gasteiger partial charge in [-0.1, -0.05) is 27.5 Å². The van der Waals surface area contributed by atoms with Crippen molar-refractivity contribution in [3.8, 4) is 5.75 Å². The fourth-order valence-corrected chi connectivity index (χ4v) is 3.66. The number of anilines is 2. The highest BCUT2D eigenvalue weighted by molar-refractivity contribution is 9.10. The van der Waals surface area contributed by atoms with Gasteiger partial charge in [-0.25, -0.2) is 4.68 Å². The first-order valence-electron chi connectivity index (χ1n) is 9.98. The molecule has 3 N–H and O–H groups in total. The van der Waals surface area contributed by atoms with Gasteiger partial charge in [0.1, 0.15) is 11.4 Å². The van der Waals surface area contributed by atoms with Crippen molar-refractivity contribution >= 4 is 67.5 Å². The largest absolute Gasteiger partial charge is 0.497 e. The SMILES string of the molecule is COc1ccc(NC(=O)C(=O)Nn2c(C(=O)Nc3ccc(Br)cc3)cc3cc(Cl)ccc32)cc1. The monoisotopic (exact) mass is 540 g/mol. The Kier molecular flexibility index (Phi) is 6.85. The van der Waals surface area contributed by atoms with Crippen LogP contribution in [0.15, 0.2) is 77.3 Å². The van der Waals surface area contributed by atoms with E-state index in [1.807, 2.05) is 0 Å². The Bertz CT molecular complexity index is 1380. The fraction of sp³-hybridized carbons (Fsp3) is 0.0417. The minimum absolute atomic E-state index is 0.116. The molecule has 0 bridgehead atoms. The Balaban J connectivity index is 1.59. The number of amides is 3. The number of nitrogens with zero attached hydrogens (tertiary/aromatic N) is 1. The average Bonchev–Trinajstić information content (AvgIpc) is 3.18. The van der Waals surface area contributed by atoms with E-state index in [1.165, 1.54) is 11.8 Å². The van der Waals surface area contributed by atoms with Crippen molar-refractivity contribution in [2.24, 2.45) is 0 Å². The number of hydrogen-bond donors (Lipinski definition) is 3. The molecule has 0 spiro atoms. The molecule has 34 heavy (non-hydrogen) atoms. The number of hydrogen-bond acceptors (Lipinski definition) is 4. The van der Waals surface area contributed by atoms with E-state index in [4.69, 9.17) is 16.3 Å². The minimum Gasteiger partial charge on any atom is -0.497 e. The first-order valence-corrected chi connectivity index (χ1v) is 11.2. The summed E-state index contributed by atoms with van der Waals surface area (Å²) in [6, 6.07) is 20.1. The smallest absolute Gasteiger partial charge is 0.328 e. The van der Waals surface area contributed by atoms with E-state index in [1.54, 1.807) is 72.8 Å². The van der Waals surface area contributed by atoms with Crippen LogP contribution in [-0.2, 0) is 9.59 Å². The van der Waals surface area contributed by atoms with E-state index in [9.17, 15) is 14.4 Å². The lowest BCUT2D eigenvalue weighted by atomic mass is 10.2. The van der Waals surface area contributed by atoms with E-state index in [0.29, 0.717) is 33.0 Å². The molecule has 0 aliphatic heterocycles. The normalized spacial score (nSPS) is 10.6. The van der Waals surface area contributed by atoms with Crippen LogP contribution in [0.2, 0.25) is 5.02 Å². The topological polar surface area (TPSA) is 101 Å². The highest BCUT2D eigenvalue weighted by atomic mass is 79.9. The molecule has 8 nitrogen and oxygen atoms in total. The van der Waals surface area contributed by atoms with Gasteiger partial charge in [-0.05, 0) is 72.8 Å². The summed E-state index contributed by atoms with van der Waals surface area (Å²) in [6.45, 7) is 0. The molecule has 3 amide bonds. The summed E-state index contributed by atoms with van der Waals surface area (Å²) in [6.07, 6.45) is 0. The van der Waals surface area contributed by atoms with E-state index >= 15 is 0 Å². The summed E-state index contributed by atoms with van der Waals surface area (Å²) in [5, 5.41) is 6.37. The van der Waals surface area contributed by atoms with Crippen molar-refractivity contribution in [3.63, 3.8) is 0 Å². The lowest BCUT2D eigenvalue weighted by Gasteiger charge is -2.13. The van der Waals surface area contributed by atoms with Crippen molar-refractivity contribution in [2.45, 2.75) is 0 Å². The van der Waals surface area contributed by atoms with Crippen LogP contribution in [-0.4, -0.2) is 29.5 Å². The maximum absolute atomic E-state index is 13.0. The molecule has 0 aliphatic carbocycles. The Morgan fingerprint density at radius 3 is 2.18 bits per heavy atom. The van der Waals surface area contributed by atoms with Crippen LogP contribution in [0.5, 0.6) is 5.75 Å². The number of carbonyl (C=O) groups is 3. The van der Waals surface area contributed by atoms with E-state index in [0.717, 1.165) is 4.47 Å². The molecule has 0 saturated carbocycles.